The van der Waals surface area contributed by atoms with Crippen LogP contribution in [0, 0.1) is 24.3 Å². The number of ether oxygens (including phenoxy) is 1. The molecule has 1 radical (unpaired) electrons. The van der Waals surface area contributed by atoms with Gasteiger partial charge in [-0.05, 0) is 34.9 Å². The van der Waals surface area contributed by atoms with Crippen LogP contribution in [0.3, 0.4) is 0 Å². The maximum Gasteiger partial charge on any atom is 2.00 e. The number of benzene rings is 4. The van der Waals surface area contributed by atoms with Crippen molar-refractivity contribution in [2.45, 2.75) is 0 Å². The van der Waals surface area contributed by atoms with Crippen LogP contribution in [0.1, 0.15) is 0 Å². The number of pyridine rings is 2. The van der Waals surface area contributed by atoms with Gasteiger partial charge in [0.05, 0.1) is 6.33 Å². The molecule has 45 heavy (non-hydrogen) atoms. The fourth-order valence-corrected chi connectivity index (χ4v) is 4.23. The molecule has 3 heterocycles. The quantitative estimate of drug-likeness (QED) is 0.157. The van der Waals surface area contributed by atoms with E-state index in [9.17, 15) is 0 Å². The second-order valence-electron chi connectivity index (χ2n) is 9.23. The van der Waals surface area contributed by atoms with Crippen molar-refractivity contribution in [1.29, 1.82) is 0 Å². The molecule has 0 saturated carbocycles. The monoisotopic (exact) mass is 940 g/mol. The van der Waals surface area contributed by atoms with Gasteiger partial charge in [0.15, 0.2) is 0 Å². The molecule has 0 aliphatic rings. The number of hydrogen-bond acceptors (Lipinski definition) is 5. The van der Waals surface area contributed by atoms with Crippen LogP contribution in [0.5, 0.6) is 11.5 Å². The van der Waals surface area contributed by atoms with Crippen LogP contribution in [0.25, 0.3) is 45.0 Å². The van der Waals surface area contributed by atoms with Crippen molar-refractivity contribution >= 4 is 0 Å². The largest absolute Gasteiger partial charge is 2.00 e. The zero-order valence-electron chi connectivity index (χ0n) is 23.7. The van der Waals surface area contributed by atoms with Crippen molar-refractivity contribution < 1.29 is 45.9 Å². The van der Waals surface area contributed by atoms with Gasteiger partial charge in [0, 0.05) is 44.0 Å². The molecule has 0 aliphatic carbocycles. The van der Waals surface area contributed by atoms with Crippen molar-refractivity contribution in [3.8, 4) is 56.5 Å². The molecule has 223 valence electrons. The summed E-state index contributed by atoms with van der Waals surface area (Å²) in [7, 11) is 0. The van der Waals surface area contributed by atoms with E-state index in [1.807, 2.05) is 127 Å². The van der Waals surface area contributed by atoms with Crippen LogP contribution in [0.2, 0.25) is 0 Å². The van der Waals surface area contributed by atoms with E-state index < -0.39 is 0 Å². The first-order valence-corrected chi connectivity index (χ1v) is 13.6. The van der Waals surface area contributed by atoms with Crippen LogP contribution in [0.4, 0.5) is 0 Å². The van der Waals surface area contributed by atoms with E-state index in [1.165, 1.54) is 0 Å². The molecule has 0 saturated heterocycles. The van der Waals surface area contributed by atoms with Gasteiger partial charge in [-0.2, -0.15) is 0 Å². The summed E-state index contributed by atoms with van der Waals surface area (Å²) < 4.78 is 6.03. The van der Waals surface area contributed by atoms with Crippen LogP contribution >= 0.6 is 0 Å². The molecule has 0 fully saturated rings. The molecule has 0 N–H and O–H groups in total. The van der Waals surface area contributed by atoms with Crippen LogP contribution in [-0.4, -0.2) is 19.9 Å². The van der Waals surface area contributed by atoms with Gasteiger partial charge in [-0.3, -0.25) is 9.97 Å². The minimum Gasteiger partial charge on any atom is -0.497 e. The van der Waals surface area contributed by atoms with E-state index in [0.29, 0.717) is 11.5 Å². The summed E-state index contributed by atoms with van der Waals surface area (Å²) in [6.07, 6.45) is 5.10. The van der Waals surface area contributed by atoms with Gasteiger partial charge in [0.1, 0.15) is 0 Å². The van der Waals surface area contributed by atoms with Crippen LogP contribution in [0.15, 0.2) is 146 Å². The Morgan fingerprint density at radius 1 is 0.444 bits per heavy atom. The van der Waals surface area contributed by atoms with Crippen molar-refractivity contribution in [3.05, 3.63) is 170 Å². The average Bonchev–Trinajstić information content (AvgIpc) is 3.10. The summed E-state index contributed by atoms with van der Waals surface area (Å²) >= 11 is 0. The van der Waals surface area contributed by atoms with E-state index in [1.54, 1.807) is 18.7 Å². The molecule has 0 amide bonds. The van der Waals surface area contributed by atoms with E-state index in [4.69, 9.17) is 4.74 Å². The average molecular weight is 940 g/mol. The third kappa shape index (κ3) is 9.20. The predicted octanol–water partition coefficient (Wildman–Crippen LogP) is 8.61. The summed E-state index contributed by atoms with van der Waals surface area (Å²) in [5.41, 5.74) is 7.03. The van der Waals surface area contributed by atoms with E-state index >= 15 is 0 Å². The van der Waals surface area contributed by atoms with Crippen LogP contribution < -0.4 is 4.74 Å². The molecule has 3 aromatic heterocycles. The Morgan fingerprint density at radius 2 is 0.911 bits per heavy atom. The van der Waals surface area contributed by atoms with Crippen molar-refractivity contribution in [3.63, 3.8) is 0 Å². The molecular formula is C38H24IrN4OPt-2. The van der Waals surface area contributed by atoms with E-state index in [-0.39, 0.29) is 41.2 Å². The van der Waals surface area contributed by atoms with Crippen molar-refractivity contribution in [2.24, 2.45) is 0 Å². The smallest absolute Gasteiger partial charge is 0.497 e. The Balaban J connectivity index is 0.000000278. The molecule has 7 aromatic rings. The number of nitrogens with zero attached hydrogens (tertiary/aromatic N) is 4. The Hall–Kier alpha value is -4.60. The normalized spacial score (nSPS) is 9.87. The third-order valence-electron chi connectivity index (χ3n) is 6.28. The fraction of sp³-hybridized carbons (Fsp3) is 0. The number of hydrogen-bond donors (Lipinski definition) is 0. The molecular weight excluding hydrogens is 916 g/mol. The summed E-state index contributed by atoms with van der Waals surface area (Å²) in [6.45, 7) is 0. The topological polar surface area (TPSA) is 60.8 Å². The molecule has 0 spiro atoms. The molecule has 7 rings (SSSR count). The van der Waals surface area contributed by atoms with Gasteiger partial charge in [-0.1, -0.05) is 42.5 Å². The molecule has 0 aliphatic heterocycles. The zero-order chi connectivity index (χ0) is 29.1. The Morgan fingerprint density at radius 3 is 1.42 bits per heavy atom. The van der Waals surface area contributed by atoms with Gasteiger partial charge >= 0.3 is 21.1 Å². The Kier molecular flexibility index (Phi) is 12.6. The number of aromatic nitrogens is 4. The molecule has 5 nitrogen and oxygen atoms in total. The SMILES string of the molecule is [Ir].[Pt+2].[c-]1c(Oc2[c-]c(-c3cc(-c4[c-]cccc4)ncn3)ccc2)cccc1-c1ccccn1.[c-]1ccccc1-c1ccccn1. The molecule has 7 heteroatoms. The zero-order valence-corrected chi connectivity index (χ0v) is 28.4. The molecule has 4 aromatic carbocycles. The van der Waals surface area contributed by atoms with Gasteiger partial charge in [-0.15, -0.1) is 119 Å². The number of rotatable bonds is 6. The molecule has 0 bridgehead atoms. The second kappa shape index (κ2) is 17.0. The first-order chi connectivity index (χ1) is 21.3. The molecule has 0 unspecified atom stereocenters. The minimum absolute atomic E-state index is 0. The standard InChI is InChI=1S/C27H16N3O.C11H8N.Ir.Pt/c1-2-8-20(9-3-1)26-18-27(30-19-29-26)22-11-7-13-24(17-22)31-23-12-6-10-21(16-23)25-14-4-5-15-28-25;1-2-6-10(7-3-1)11-8-4-5-9-12-11;;/h1-8,10-15,18-19H;1-6,8-9H;;/q-3;-1;;+2. The fourth-order valence-electron chi connectivity index (χ4n) is 4.23. The van der Waals surface area contributed by atoms with E-state index in [2.05, 4.69) is 44.2 Å². The summed E-state index contributed by atoms with van der Waals surface area (Å²) in [4.78, 5) is 17.4. The van der Waals surface area contributed by atoms with Crippen molar-refractivity contribution in [1.82, 2.24) is 19.9 Å². The van der Waals surface area contributed by atoms with Crippen molar-refractivity contribution in [2.75, 3.05) is 0 Å². The van der Waals surface area contributed by atoms with Gasteiger partial charge < -0.3 is 14.7 Å². The Bertz CT molecular complexity index is 1860. The predicted molar refractivity (Wildman–Crippen MR) is 168 cm³/mol. The Labute approximate surface area is 291 Å². The summed E-state index contributed by atoms with van der Waals surface area (Å²) in [5.74, 6) is 1.18. The van der Waals surface area contributed by atoms with E-state index in [0.717, 1.165) is 45.0 Å². The minimum atomic E-state index is 0. The van der Waals surface area contributed by atoms with Crippen LogP contribution in [-0.2, 0) is 41.2 Å². The van der Waals surface area contributed by atoms with Gasteiger partial charge in [-0.25, -0.2) is 0 Å². The maximum absolute atomic E-state index is 6.03. The maximum atomic E-state index is 6.03. The first-order valence-electron chi connectivity index (χ1n) is 13.6. The summed E-state index contributed by atoms with van der Waals surface area (Å²) in [6, 6.07) is 53.5. The van der Waals surface area contributed by atoms with Gasteiger partial charge in [0.25, 0.3) is 0 Å². The van der Waals surface area contributed by atoms with Gasteiger partial charge in [0.2, 0.25) is 0 Å². The third-order valence-corrected chi connectivity index (χ3v) is 6.28. The molecule has 0 atom stereocenters. The first kappa shape index (κ1) is 33.3. The second-order valence-corrected chi connectivity index (χ2v) is 9.23. The summed E-state index contributed by atoms with van der Waals surface area (Å²) in [5, 5.41) is 0.